The molecule has 4 rings (SSSR count). The Morgan fingerprint density at radius 2 is 1.68 bits per heavy atom. The zero-order valence-electron chi connectivity index (χ0n) is 15.6. The van der Waals surface area contributed by atoms with E-state index in [1.165, 1.54) is 11.1 Å². The van der Waals surface area contributed by atoms with Crippen LogP contribution in [0.5, 0.6) is 5.75 Å². The predicted molar refractivity (Wildman–Crippen MR) is 110 cm³/mol. The summed E-state index contributed by atoms with van der Waals surface area (Å²) in [6.07, 6.45) is 1.15. The Kier molecular flexibility index (Phi) is 5.36. The molecule has 0 unspecified atom stereocenters. The lowest BCUT2D eigenvalue weighted by Gasteiger charge is -2.32. The van der Waals surface area contributed by atoms with Gasteiger partial charge in [-0.05, 0) is 47.4 Å². The number of rotatable bonds is 4. The van der Waals surface area contributed by atoms with Crippen LogP contribution in [0.15, 0.2) is 72.8 Å². The monoisotopic (exact) mass is 392 g/mol. The van der Waals surface area contributed by atoms with Crippen molar-refractivity contribution in [2.24, 2.45) is 0 Å². The van der Waals surface area contributed by atoms with Crippen LogP contribution in [0.2, 0.25) is 5.02 Å². The Bertz CT molecular complexity index is 970. The number of hydrogen-bond donors (Lipinski definition) is 0. The van der Waals surface area contributed by atoms with Crippen molar-refractivity contribution < 1.29 is 14.3 Å². The molecule has 0 saturated heterocycles. The van der Waals surface area contributed by atoms with Gasteiger partial charge in [-0.15, -0.1) is 0 Å². The summed E-state index contributed by atoms with van der Waals surface area (Å²) in [5.41, 5.74) is 4.03. The van der Waals surface area contributed by atoms with Crippen molar-refractivity contribution in [1.29, 1.82) is 0 Å². The zero-order valence-corrected chi connectivity index (χ0v) is 16.4. The average molecular weight is 393 g/mol. The molecule has 0 fully saturated rings. The molecule has 0 saturated carbocycles. The van der Waals surface area contributed by atoms with E-state index in [-0.39, 0.29) is 18.0 Å². The van der Waals surface area contributed by atoms with Gasteiger partial charge in [-0.1, -0.05) is 60.1 Å². The number of fused-ring (bicyclic) bond motifs is 1. The summed E-state index contributed by atoms with van der Waals surface area (Å²) in [6, 6.07) is 23.3. The fourth-order valence-electron chi connectivity index (χ4n) is 3.87. The molecule has 0 radical (unpaired) electrons. The highest BCUT2D eigenvalue weighted by atomic mass is 35.5. The van der Waals surface area contributed by atoms with E-state index in [1.807, 2.05) is 48.5 Å². The van der Waals surface area contributed by atoms with Crippen LogP contribution in [-0.2, 0) is 11.2 Å². The van der Waals surface area contributed by atoms with Gasteiger partial charge >= 0.3 is 5.97 Å². The highest BCUT2D eigenvalue weighted by molar-refractivity contribution is 6.32. The number of benzene rings is 3. The van der Waals surface area contributed by atoms with Gasteiger partial charge in [0.25, 0.3) is 0 Å². The summed E-state index contributed by atoms with van der Waals surface area (Å²) in [6.45, 7) is 0. The van der Waals surface area contributed by atoms with Gasteiger partial charge < -0.3 is 9.47 Å². The van der Waals surface area contributed by atoms with E-state index in [9.17, 15) is 4.79 Å². The molecule has 0 bridgehead atoms. The van der Waals surface area contributed by atoms with E-state index in [2.05, 4.69) is 12.1 Å². The molecule has 0 spiro atoms. The summed E-state index contributed by atoms with van der Waals surface area (Å²) < 4.78 is 11.3. The van der Waals surface area contributed by atoms with E-state index >= 15 is 0 Å². The smallest absolute Gasteiger partial charge is 0.338 e. The second kappa shape index (κ2) is 8.07. The number of ether oxygens (including phenoxy) is 2. The zero-order chi connectivity index (χ0) is 19.5. The molecule has 2 atom stereocenters. The second-order valence-corrected chi connectivity index (χ2v) is 7.39. The third kappa shape index (κ3) is 3.76. The highest BCUT2D eigenvalue weighted by Crippen LogP contribution is 2.42. The number of carbonyl (C=O) groups is 1. The van der Waals surface area contributed by atoms with E-state index < -0.39 is 0 Å². The number of halogens is 1. The molecule has 0 aromatic heterocycles. The van der Waals surface area contributed by atoms with Gasteiger partial charge in [0.2, 0.25) is 0 Å². The maximum absolute atomic E-state index is 12.6. The lowest BCUT2D eigenvalue weighted by Crippen LogP contribution is -2.28. The molecule has 1 aliphatic rings. The molecular formula is C24H21ClO3. The first-order chi connectivity index (χ1) is 13.7. The molecular weight excluding hydrogens is 372 g/mol. The normalized spacial score (nSPS) is 18.2. The summed E-state index contributed by atoms with van der Waals surface area (Å²) in [4.78, 5) is 12.6. The van der Waals surface area contributed by atoms with Crippen molar-refractivity contribution >= 4 is 17.6 Å². The van der Waals surface area contributed by atoms with Crippen molar-refractivity contribution in [3.8, 4) is 5.75 Å². The topological polar surface area (TPSA) is 35.5 Å². The number of hydrogen-bond acceptors (Lipinski definition) is 3. The van der Waals surface area contributed by atoms with E-state index in [4.69, 9.17) is 21.1 Å². The minimum absolute atomic E-state index is 0.115. The van der Waals surface area contributed by atoms with Crippen LogP contribution >= 0.6 is 11.6 Å². The van der Waals surface area contributed by atoms with Crippen LogP contribution in [0.25, 0.3) is 0 Å². The predicted octanol–water partition coefficient (Wildman–Crippen LogP) is 5.65. The van der Waals surface area contributed by atoms with Crippen molar-refractivity contribution in [1.82, 2.24) is 0 Å². The Labute approximate surface area is 169 Å². The van der Waals surface area contributed by atoms with E-state index in [1.54, 1.807) is 19.2 Å². The van der Waals surface area contributed by atoms with Gasteiger partial charge in [0.15, 0.2) is 0 Å². The Balaban J connectivity index is 1.67. The third-order valence-electron chi connectivity index (χ3n) is 5.22. The highest BCUT2D eigenvalue weighted by Gasteiger charge is 2.31. The van der Waals surface area contributed by atoms with Crippen LogP contribution in [0.4, 0.5) is 0 Å². The van der Waals surface area contributed by atoms with Crippen molar-refractivity contribution in [2.45, 2.75) is 24.9 Å². The molecule has 142 valence electrons. The molecule has 0 heterocycles. The number of carbonyl (C=O) groups excluding carboxylic acids is 1. The summed E-state index contributed by atoms with van der Waals surface area (Å²) >= 11 is 6.37. The van der Waals surface area contributed by atoms with Gasteiger partial charge in [0.05, 0.1) is 17.7 Å². The summed E-state index contributed by atoms with van der Waals surface area (Å²) in [5.74, 6) is 0.492. The first kappa shape index (κ1) is 18.6. The largest absolute Gasteiger partial charge is 0.495 e. The minimum atomic E-state index is -0.291. The standard InChI is InChI=1S/C24H21ClO3/c1-27-23-15-21-18(13-22(23)25)12-19(14-20(21)16-8-4-2-5-9-16)28-24(26)17-10-6-3-7-11-17/h2-11,13,15,19-20H,12,14H2,1H3/t19-,20-/m1/s1. The Morgan fingerprint density at radius 3 is 2.36 bits per heavy atom. The fraction of sp³-hybridized carbons (Fsp3) is 0.208. The van der Waals surface area contributed by atoms with Crippen molar-refractivity contribution in [3.05, 3.63) is 100 Å². The Morgan fingerprint density at radius 1 is 1.00 bits per heavy atom. The maximum atomic E-state index is 12.6. The van der Waals surface area contributed by atoms with Gasteiger partial charge in [-0.2, -0.15) is 0 Å². The third-order valence-corrected chi connectivity index (χ3v) is 5.52. The van der Waals surface area contributed by atoms with Crippen LogP contribution in [-0.4, -0.2) is 19.2 Å². The van der Waals surface area contributed by atoms with Crippen LogP contribution in [0.3, 0.4) is 0 Å². The molecule has 3 aromatic rings. The van der Waals surface area contributed by atoms with Crippen molar-refractivity contribution in [3.63, 3.8) is 0 Å². The molecule has 0 N–H and O–H groups in total. The van der Waals surface area contributed by atoms with Crippen LogP contribution in [0, 0.1) is 0 Å². The van der Waals surface area contributed by atoms with Crippen molar-refractivity contribution in [2.75, 3.05) is 7.11 Å². The van der Waals surface area contributed by atoms with Gasteiger partial charge in [-0.25, -0.2) is 4.79 Å². The van der Waals surface area contributed by atoms with Crippen LogP contribution in [0.1, 0.15) is 39.4 Å². The fourth-order valence-corrected chi connectivity index (χ4v) is 4.13. The molecule has 1 aliphatic carbocycles. The van der Waals surface area contributed by atoms with Gasteiger partial charge in [0, 0.05) is 12.3 Å². The minimum Gasteiger partial charge on any atom is -0.495 e. The van der Waals surface area contributed by atoms with Crippen LogP contribution < -0.4 is 4.74 Å². The molecule has 3 nitrogen and oxygen atoms in total. The summed E-state index contributed by atoms with van der Waals surface area (Å²) in [5, 5.41) is 0.572. The lowest BCUT2D eigenvalue weighted by molar-refractivity contribution is 0.0258. The lowest BCUT2D eigenvalue weighted by atomic mass is 9.77. The van der Waals surface area contributed by atoms with Gasteiger partial charge in [-0.3, -0.25) is 0 Å². The van der Waals surface area contributed by atoms with E-state index in [0.717, 1.165) is 12.0 Å². The molecule has 28 heavy (non-hydrogen) atoms. The molecule has 3 aromatic carbocycles. The number of esters is 1. The first-order valence-electron chi connectivity index (χ1n) is 9.33. The number of methoxy groups -OCH3 is 1. The molecule has 4 heteroatoms. The Hall–Kier alpha value is -2.78. The average Bonchev–Trinajstić information content (AvgIpc) is 2.74. The maximum Gasteiger partial charge on any atom is 0.338 e. The molecule has 0 amide bonds. The second-order valence-electron chi connectivity index (χ2n) is 6.98. The van der Waals surface area contributed by atoms with Gasteiger partial charge in [0.1, 0.15) is 11.9 Å². The SMILES string of the molecule is COc1cc2c(cc1Cl)C[C@@H](OC(=O)c1ccccc1)C[C@@H]2c1ccccc1. The first-order valence-corrected chi connectivity index (χ1v) is 9.70. The quantitative estimate of drug-likeness (QED) is 0.538. The molecule has 0 aliphatic heterocycles. The van der Waals surface area contributed by atoms with E-state index in [0.29, 0.717) is 22.8 Å². The summed E-state index contributed by atoms with van der Waals surface area (Å²) in [7, 11) is 1.62.